The Morgan fingerprint density at radius 3 is 2.90 bits per heavy atom. The predicted molar refractivity (Wildman–Crippen MR) is 79.7 cm³/mol. The van der Waals surface area contributed by atoms with Crippen LogP contribution >= 0.6 is 0 Å². The first-order valence-corrected chi connectivity index (χ1v) is 7.72. The van der Waals surface area contributed by atoms with Gasteiger partial charge in [0.05, 0.1) is 18.0 Å². The fraction of sp³-hybridized carbons (Fsp3) is 0.562. The van der Waals surface area contributed by atoms with Crippen LogP contribution in [0.1, 0.15) is 38.4 Å². The molecular formula is C16H21N3O2. The van der Waals surface area contributed by atoms with E-state index in [0.29, 0.717) is 12.5 Å². The minimum absolute atomic E-state index is 0.0242. The first kappa shape index (κ1) is 14.0. The lowest BCUT2D eigenvalue weighted by molar-refractivity contribution is -0.149. The number of hydrogen-bond donors (Lipinski definition) is 1. The molecule has 5 heteroatoms. The SMILES string of the molecule is CCOC(=O)C1CCC(Cc2nc3ncccc3[nH]2)CC1. The highest BCUT2D eigenvalue weighted by Crippen LogP contribution is 2.31. The van der Waals surface area contributed by atoms with Crippen molar-refractivity contribution in [3.05, 3.63) is 24.2 Å². The van der Waals surface area contributed by atoms with E-state index in [4.69, 9.17) is 4.74 Å². The van der Waals surface area contributed by atoms with E-state index in [1.165, 1.54) is 0 Å². The smallest absolute Gasteiger partial charge is 0.308 e. The molecule has 2 aromatic heterocycles. The van der Waals surface area contributed by atoms with Gasteiger partial charge in [-0.25, -0.2) is 9.97 Å². The molecule has 1 aliphatic rings. The monoisotopic (exact) mass is 287 g/mol. The van der Waals surface area contributed by atoms with E-state index in [1.807, 2.05) is 19.1 Å². The van der Waals surface area contributed by atoms with Gasteiger partial charge in [0.1, 0.15) is 5.82 Å². The van der Waals surface area contributed by atoms with Crippen molar-refractivity contribution in [2.24, 2.45) is 11.8 Å². The molecule has 0 spiro atoms. The van der Waals surface area contributed by atoms with Crippen LogP contribution in [0.15, 0.2) is 18.3 Å². The van der Waals surface area contributed by atoms with Crippen molar-refractivity contribution in [3.8, 4) is 0 Å². The summed E-state index contributed by atoms with van der Waals surface area (Å²) < 4.78 is 5.11. The number of esters is 1. The number of nitrogens with zero attached hydrogens (tertiary/aromatic N) is 2. The van der Waals surface area contributed by atoms with Gasteiger partial charge in [-0.05, 0) is 50.7 Å². The second kappa shape index (κ2) is 6.24. The van der Waals surface area contributed by atoms with Crippen molar-refractivity contribution in [1.82, 2.24) is 15.0 Å². The van der Waals surface area contributed by atoms with Crippen molar-refractivity contribution in [2.45, 2.75) is 39.0 Å². The lowest BCUT2D eigenvalue weighted by atomic mass is 9.80. The van der Waals surface area contributed by atoms with Crippen LogP contribution in [0.3, 0.4) is 0 Å². The lowest BCUT2D eigenvalue weighted by Gasteiger charge is -2.26. The van der Waals surface area contributed by atoms with Gasteiger partial charge in [-0.2, -0.15) is 0 Å². The van der Waals surface area contributed by atoms with Crippen molar-refractivity contribution >= 4 is 17.1 Å². The van der Waals surface area contributed by atoms with Gasteiger partial charge in [0.25, 0.3) is 0 Å². The van der Waals surface area contributed by atoms with Crippen LogP contribution in [0.2, 0.25) is 0 Å². The molecule has 2 heterocycles. The fourth-order valence-electron chi connectivity index (χ4n) is 3.13. The van der Waals surface area contributed by atoms with Gasteiger partial charge in [0, 0.05) is 12.6 Å². The Bertz CT molecular complexity index is 582. The van der Waals surface area contributed by atoms with Crippen LogP contribution in [0, 0.1) is 11.8 Å². The standard InChI is InChI=1S/C16H21N3O2/c1-2-21-16(20)12-7-5-11(6-8-12)10-14-18-13-4-3-9-17-15(13)19-14/h3-4,9,11-12H,2,5-8,10H2,1H3,(H,17,18,19). The molecule has 0 amide bonds. The van der Waals surface area contributed by atoms with Crippen molar-refractivity contribution < 1.29 is 9.53 Å². The molecule has 2 aromatic rings. The van der Waals surface area contributed by atoms with Crippen LogP contribution in [0.25, 0.3) is 11.2 Å². The molecule has 112 valence electrons. The Labute approximate surface area is 124 Å². The van der Waals surface area contributed by atoms with Crippen molar-refractivity contribution in [1.29, 1.82) is 0 Å². The maximum Gasteiger partial charge on any atom is 0.308 e. The Balaban J connectivity index is 1.56. The lowest BCUT2D eigenvalue weighted by Crippen LogP contribution is -2.24. The second-order valence-corrected chi connectivity index (χ2v) is 5.73. The molecule has 0 unspecified atom stereocenters. The molecule has 21 heavy (non-hydrogen) atoms. The van der Waals surface area contributed by atoms with Gasteiger partial charge in [-0.3, -0.25) is 4.79 Å². The largest absolute Gasteiger partial charge is 0.466 e. The van der Waals surface area contributed by atoms with E-state index in [0.717, 1.165) is 49.1 Å². The minimum atomic E-state index is -0.0242. The third kappa shape index (κ3) is 3.23. The summed E-state index contributed by atoms with van der Waals surface area (Å²) in [6, 6.07) is 3.91. The van der Waals surface area contributed by atoms with Gasteiger partial charge in [-0.1, -0.05) is 0 Å². The summed E-state index contributed by atoms with van der Waals surface area (Å²) in [7, 11) is 0. The highest BCUT2D eigenvalue weighted by molar-refractivity contribution is 5.72. The topological polar surface area (TPSA) is 67.9 Å². The second-order valence-electron chi connectivity index (χ2n) is 5.73. The number of carbonyl (C=O) groups is 1. The van der Waals surface area contributed by atoms with Crippen LogP contribution in [-0.2, 0) is 16.0 Å². The number of carbonyl (C=O) groups excluding carboxylic acids is 1. The van der Waals surface area contributed by atoms with Gasteiger partial charge in [0.15, 0.2) is 5.65 Å². The third-order valence-electron chi connectivity index (χ3n) is 4.26. The van der Waals surface area contributed by atoms with Crippen molar-refractivity contribution in [3.63, 3.8) is 0 Å². The predicted octanol–water partition coefficient (Wildman–Crippen LogP) is 2.87. The number of aromatic nitrogens is 3. The fourth-order valence-corrected chi connectivity index (χ4v) is 3.13. The molecule has 0 bridgehead atoms. The van der Waals surface area contributed by atoms with Gasteiger partial charge < -0.3 is 9.72 Å². The zero-order valence-electron chi connectivity index (χ0n) is 12.3. The Morgan fingerprint density at radius 1 is 1.38 bits per heavy atom. The number of fused-ring (bicyclic) bond motifs is 1. The number of nitrogens with one attached hydrogen (secondary N) is 1. The summed E-state index contributed by atoms with van der Waals surface area (Å²) in [5.41, 5.74) is 1.78. The number of imidazole rings is 1. The molecule has 0 saturated heterocycles. The zero-order valence-corrected chi connectivity index (χ0v) is 12.3. The Kier molecular flexibility index (Phi) is 4.18. The molecule has 5 nitrogen and oxygen atoms in total. The number of rotatable bonds is 4. The third-order valence-corrected chi connectivity index (χ3v) is 4.26. The van der Waals surface area contributed by atoms with Crippen molar-refractivity contribution in [2.75, 3.05) is 6.61 Å². The molecule has 1 aliphatic carbocycles. The van der Waals surface area contributed by atoms with Gasteiger partial charge in [-0.15, -0.1) is 0 Å². The van der Waals surface area contributed by atoms with E-state index in [1.54, 1.807) is 6.20 Å². The van der Waals surface area contributed by atoms with Crippen LogP contribution < -0.4 is 0 Å². The first-order valence-electron chi connectivity index (χ1n) is 7.72. The average Bonchev–Trinajstić information content (AvgIpc) is 2.90. The van der Waals surface area contributed by atoms with E-state index in [2.05, 4.69) is 15.0 Å². The van der Waals surface area contributed by atoms with Crippen LogP contribution in [-0.4, -0.2) is 27.5 Å². The number of pyridine rings is 1. The van der Waals surface area contributed by atoms with Crippen LogP contribution in [0.4, 0.5) is 0 Å². The molecule has 1 N–H and O–H groups in total. The number of aromatic amines is 1. The highest BCUT2D eigenvalue weighted by atomic mass is 16.5. The maximum atomic E-state index is 11.7. The summed E-state index contributed by atoms with van der Waals surface area (Å²) in [6.07, 6.45) is 6.69. The summed E-state index contributed by atoms with van der Waals surface area (Å²) in [5.74, 6) is 1.67. The number of ether oxygens (including phenoxy) is 1. The molecule has 0 atom stereocenters. The molecule has 3 rings (SSSR count). The highest BCUT2D eigenvalue weighted by Gasteiger charge is 2.27. The summed E-state index contributed by atoms with van der Waals surface area (Å²) in [6.45, 7) is 2.34. The van der Waals surface area contributed by atoms with E-state index < -0.39 is 0 Å². The number of hydrogen-bond acceptors (Lipinski definition) is 4. The molecule has 1 fully saturated rings. The summed E-state index contributed by atoms with van der Waals surface area (Å²) in [4.78, 5) is 23.8. The molecule has 0 radical (unpaired) electrons. The maximum absolute atomic E-state index is 11.7. The molecule has 0 aliphatic heterocycles. The van der Waals surface area contributed by atoms with E-state index in [9.17, 15) is 4.79 Å². The molecular weight excluding hydrogens is 266 g/mol. The number of H-pyrrole nitrogens is 1. The normalized spacial score (nSPS) is 22.3. The summed E-state index contributed by atoms with van der Waals surface area (Å²) in [5, 5.41) is 0. The van der Waals surface area contributed by atoms with Gasteiger partial charge >= 0.3 is 5.97 Å². The van der Waals surface area contributed by atoms with E-state index in [-0.39, 0.29) is 11.9 Å². The average molecular weight is 287 g/mol. The molecule has 1 saturated carbocycles. The first-order chi connectivity index (χ1) is 10.3. The Hall–Kier alpha value is -1.91. The summed E-state index contributed by atoms with van der Waals surface area (Å²) >= 11 is 0. The Morgan fingerprint density at radius 2 is 2.19 bits per heavy atom. The zero-order chi connectivity index (χ0) is 14.7. The van der Waals surface area contributed by atoms with Crippen LogP contribution in [0.5, 0.6) is 0 Å². The van der Waals surface area contributed by atoms with Gasteiger partial charge in [0.2, 0.25) is 0 Å². The quantitative estimate of drug-likeness (QED) is 0.878. The van der Waals surface area contributed by atoms with E-state index >= 15 is 0 Å². The molecule has 0 aromatic carbocycles. The minimum Gasteiger partial charge on any atom is -0.466 e.